The van der Waals surface area contributed by atoms with Crippen LogP contribution in [0.25, 0.3) is 0 Å². The van der Waals surface area contributed by atoms with E-state index < -0.39 is 15.8 Å². The summed E-state index contributed by atoms with van der Waals surface area (Å²) in [5.74, 6) is -0.683. The molecule has 0 saturated carbocycles. The lowest BCUT2D eigenvalue weighted by Crippen LogP contribution is -1.97. The number of nitrogens with zero attached hydrogens (tertiary/aromatic N) is 1. The van der Waals surface area contributed by atoms with Crippen LogP contribution in [0.2, 0.25) is 0 Å². The molecule has 5 heteroatoms. The van der Waals surface area contributed by atoms with Crippen molar-refractivity contribution in [1.82, 2.24) is 4.98 Å². The maximum absolute atomic E-state index is 12.2. The summed E-state index contributed by atoms with van der Waals surface area (Å²) in [6.07, 6.45) is 2.03. The first-order valence-electron chi connectivity index (χ1n) is 2.82. The van der Waals surface area contributed by atoms with E-state index in [1.54, 1.807) is 0 Å². The van der Waals surface area contributed by atoms with Gasteiger partial charge in [-0.05, 0) is 12.1 Å². The predicted octanol–water partition coefficient (Wildman–Crippen LogP) is 0.624. The van der Waals surface area contributed by atoms with Gasteiger partial charge in [-0.25, -0.2) is 13.4 Å². The number of aromatic nitrogens is 1. The minimum atomic E-state index is -3.25. The lowest BCUT2D eigenvalue weighted by molar-refractivity contribution is 0.577. The number of halogens is 1. The molecule has 0 saturated heterocycles. The van der Waals surface area contributed by atoms with Gasteiger partial charge in [-0.1, -0.05) is 0 Å². The second-order valence-electron chi connectivity index (χ2n) is 2.09. The summed E-state index contributed by atoms with van der Waals surface area (Å²) in [5, 5.41) is 0. The topological polar surface area (TPSA) is 47.0 Å². The molecule has 0 amide bonds. The smallest absolute Gasteiger partial charge is 0.212 e. The number of hydrogen-bond donors (Lipinski definition) is 0. The van der Waals surface area contributed by atoms with Gasteiger partial charge in [0.2, 0.25) is 5.95 Å². The van der Waals surface area contributed by atoms with Crippen molar-refractivity contribution >= 4 is 9.84 Å². The van der Waals surface area contributed by atoms with Crippen LogP contribution in [-0.4, -0.2) is 19.7 Å². The van der Waals surface area contributed by atoms with Crippen molar-refractivity contribution < 1.29 is 12.8 Å². The number of rotatable bonds is 1. The molecular weight excluding hydrogens is 169 g/mol. The highest BCUT2D eigenvalue weighted by Crippen LogP contribution is 2.05. The largest absolute Gasteiger partial charge is 0.227 e. The zero-order valence-corrected chi connectivity index (χ0v) is 6.60. The van der Waals surface area contributed by atoms with E-state index in [4.69, 9.17) is 0 Å². The molecule has 0 aromatic carbocycles. The number of sulfone groups is 1. The molecule has 0 spiro atoms. The van der Waals surface area contributed by atoms with E-state index in [2.05, 4.69) is 4.98 Å². The molecule has 11 heavy (non-hydrogen) atoms. The van der Waals surface area contributed by atoms with E-state index in [1.165, 1.54) is 6.07 Å². The zero-order valence-electron chi connectivity index (χ0n) is 5.78. The summed E-state index contributed by atoms with van der Waals surface area (Å²) in [6.45, 7) is 0. The molecule has 0 fully saturated rings. The average molecular weight is 175 g/mol. The van der Waals surface area contributed by atoms with Crippen LogP contribution in [-0.2, 0) is 9.84 Å². The summed E-state index contributed by atoms with van der Waals surface area (Å²) in [6, 6.07) is 2.19. The molecule has 0 aliphatic carbocycles. The van der Waals surface area contributed by atoms with Crippen LogP contribution >= 0.6 is 0 Å². The molecule has 1 aromatic rings. The quantitative estimate of drug-likeness (QED) is 0.588. The Morgan fingerprint density at radius 3 is 2.45 bits per heavy atom. The molecule has 3 nitrogen and oxygen atoms in total. The van der Waals surface area contributed by atoms with Crippen molar-refractivity contribution in [2.45, 2.75) is 4.90 Å². The van der Waals surface area contributed by atoms with Gasteiger partial charge in [-0.2, -0.15) is 4.39 Å². The van der Waals surface area contributed by atoms with Gasteiger partial charge in [-0.15, -0.1) is 0 Å². The summed E-state index contributed by atoms with van der Waals surface area (Å²) in [7, 11) is -3.25. The molecule has 1 rings (SSSR count). The first kappa shape index (κ1) is 8.13. The standard InChI is InChI=1S/C6H6FNO2S/c1-11(9,10)5-2-3-6(7)8-4-5/h2-4H,1H3. The van der Waals surface area contributed by atoms with Crippen molar-refractivity contribution in [2.24, 2.45) is 0 Å². The highest BCUT2D eigenvalue weighted by molar-refractivity contribution is 7.90. The van der Waals surface area contributed by atoms with Crippen molar-refractivity contribution in [3.63, 3.8) is 0 Å². The molecule has 0 N–H and O–H groups in total. The van der Waals surface area contributed by atoms with E-state index >= 15 is 0 Å². The Hall–Kier alpha value is -0.970. The molecule has 0 bridgehead atoms. The van der Waals surface area contributed by atoms with E-state index in [-0.39, 0.29) is 4.90 Å². The Morgan fingerprint density at radius 2 is 2.09 bits per heavy atom. The van der Waals surface area contributed by atoms with E-state index in [9.17, 15) is 12.8 Å². The van der Waals surface area contributed by atoms with E-state index in [1.807, 2.05) is 0 Å². The monoisotopic (exact) mass is 175 g/mol. The van der Waals surface area contributed by atoms with Crippen LogP contribution in [0.5, 0.6) is 0 Å². The van der Waals surface area contributed by atoms with Gasteiger partial charge in [-0.3, -0.25) is 0 Å². The third-order valence-electron chi connectivity index (χ3n) is 1.13. The summed E-state index contributed by atoms with van der Waals surface area (Å²) in [4.78, 5) is 3.23. The molecule has 0 aliphatic rings. The summed E-state index contributed by atoms with van der Waals surface area (Å²) >= 11 is 0. The zero-order chi connectivity index (χ0) is 8.48. The molecule has 0 unspecified atom stereocenters. The SMILES string of the molecule is CS(=O)(=O)c1ccc(F)nc1. The molecular formula is C6H6FNO2S. The minimum absolute atomic E-state index is 0.0268. The van der Waals surface area contributed by atoms with Crippen LogP contribution in [0, 0.1) is 5.95 Å². The Kier molecular flexibility index (Phi) is 1.90. The Balaban J connectivity index is 3.20. The molecule has 0 radical (unpaired) electrons. The predicted molar refractivity (Wildman–Crippen MR) is 37.3 cm³/mol. The van der Waals surface area contributed by atoms with Crippen LogP contribution in [0.3, 0.4) is 0 Å². The third kappa shape index (κ3) is 1.98. The second-order valence-corrected chi connectivity index (χ2v) is 4.10. The fraction of sp³-hybridized carbons (Fsp3) is 0.167. The molecule has 1 heterocycles. The van der Waals surface area contributed by atoms with Crippen LogP contribution in [0.4, 0.5) is 4.39 Å². The number of hydrogen-bond acceptors (Lipinski definition) is 3. The highest BCUT2D eigenvalue weighted by atomic mass is 32.2. The normalized spacial score (nSPS) is 11.5. The van der Waals surface area contributed by atoms with Gasteiger partial charge >= 0.3 is 0 Å². The third-order valence-corrected chi connectivity index (χ3v) is 2.23. The minimum Gasteiger partial charge on any atom is -0.227 e. The van der Waals surface area contributed by atoms with Gasteiger partial charge < -0.3 is 0 Å². The second kappa shape index (κ2) is 2.58. The lowest BCUT2D eigenvalue weighted by Gasteiger charge is -1.94. The van der Waals surface area contributed by atoms with Crippen molar-refractivity contribution in [3.8, 4) is 0 Å². The van der Waals surface area contributed by atoms with Gasteiger partial charge in [0.25, 0.3) is 0 Å². The van der Waals surface area contributed by atoms with E-state index in [0.29, 0.717) is 0 Å². The van der Waals surface area contributed by atoms with Gasteiger partial charge in [0.1, 0.15) is 0 Å². The maximum atomic E-state index is 12.2. The molecule has 0 aliphatic heterocycles. The Bertz CT molecular complexity index is 343. The summed E-state index contributed by atoms with van der Waals surface area (Å²) in [5.41, 5.74) is 0. The lowest BCUT2D eigenvalue weighted by atomic mass is 10.5. The van der Waals surface area contributed by atoms with Gasteiger partial charge in [0, 0.05) is 12.5 Å². The number of pyridine rings is 1. The van der Waals surface area contributed by atoms with Gasteiger partial charge in [0.15, 0.2) is 9.84 Å². The highest BCUT2D eigenvalue weighted by Gasteiger charge is 2.06. The van der Waals surface area contributed by atoms with Crippen molar-refractivity contribution in [3.05, 3.63) is 24.3 Å². The van der Waals surface area contributed by atoms with Crippen LogP contribution in [0.15, 0.2) is 23.2 Å². The molecule has 60 valence electrons. The van der Waals surface area contributed by atoms with Crippen molar-refractivity contribution in [2.75, 3.05) is 6.26 Å². The summed E-state index contributed by atoms with van der Waals surface area (Å²) < 4.78 is 33.7. The van der Waals surface area contributed by atoms with Crippen molar-refractivity contribution in [1.29, 1.82) is 0 Å². The molecule has 0 atom stereocenters. The first-order chi connectivity index (χ1) is 5.00. The molecule has 1 aromatic heterocycles. The van der Waals surface area contributed by atoms with Crippen LogP contribution < -0.4 is 0 Å². The maximum Gasteiger partial charge on any atom is 0.212 e. The first-order valence-corrected chi connectivity index (χ1v) is 4.71. The fourth-order valence-electron chi connectivity index (χ4n) is 0.582. The van der Waals surface area contributed by atoms with Gasteiger partial charge in [0.05, 0.1) is 4.90 Å². The Labute approximate surface area is 63.8 Å². The van der Waals surface area contributed by atoms with E-state index in [0.717, 1.165) is 18.5 Å². The Morgan fingerprint density at radius 1 is 1.45 bits per heavy atom. The van der Waals surface area contributed by atoms with Crippen LogP contribution in [0.1, 0.15) is 0 Å². The fourth-order valence-corrected chi connectivity index (χ4v) is 1.14. The average Bonchev–Trinajstić information content (AvgIpc) is 1.86.